The molecule has 15 heavy (non-hydrogen) atoms. The van der Waals surface area contributed by atoms with Gasteiger partial charge in [0, 0.05) is 13.0 Å². The number of carbonyl (C=O) groups excluding carboxylic acids is 2. The van der Waals surface area contributed by atoms with Crippen molar-refractivity contribution in [1.29, 1.82) is 0 Å². The van der Waals surface area contributed by atoms with Crippen molar-refractivity contribution in [2.45, 2.75) is 39.3 Å². The zero-order chi connectivity index (χ0) is 11.6. The molecule has 1 fully saturated rings. The summed E-state index contributed by atoms with van der Waals surface area (Å²) in [6.07, 6.45) is 0.350. The fraction of sp³-hybridized carbons (Fsp3) is 0.800. The van der Waals surface area contributed by atoms with Crippen LogP contribution in [0.4, 0.5) is 0 Å². The highest BCUT2D eigenvalue weighted by atomic mass is 16.2. The molecule has 1 aliphatic rings. The number of hydrogen-bond acceptors (Lipinski definition) is 3. The largest absolute Gasteiger partial charge is 0.354 e. The van der Waals surface area contributed by atoms with Crippen LogP contribution in [0.1, 0.15) is 27.2 Å². The highest BCUT2D eigenvalue weighted by Crippen LogP contribution is 2.17. The second kappa shape index (κ2) is 4.18. The first-order valence-corrected chi connectivity index (χ1v) is 5.13. The molecule has 0 aromatic carbocycles. The Balaban J connectivity index is 2.45. The Morgan fingerprint density at radius 3 is 2.60 bits per heavy atom. The minimum absolute atomic E-state index is 0.0235. The molecular weight excluding hydrogens is 194 g/mol. The molecule has 0 saturated carbocycles. The van der Waals surface area contributed by atoms with E-state index in [0.717, 1.165) is 0 Å². The Kier molecular flexibility index (Phi) is 3.34. The number of rotatable bonds is 2. The van der Waals surface area contributed by atoms with Crippen LogP contribution in [-0.2, 0) is 9.59 Å². The van der Waals surface area contributed by atoms with Crippen molar-refractivity contribution in [3.05, 3.63) is 0 Å². The monoisotopic (exact) mass is 213 g/mol. The van der Waals surface area contributed by atoms with Gasteiger partial charge in [-0.15, -0.1) is 0 Å². The second-order valence-electron chi connectivity index (χ2n) is 5.06. The van der Waals surface area contributed by atoms with E-state index >= 15 is 0 Å². The summed E-state index contributed by atoms with van der Waals surface area (Å²) in [4.78, 5) is 22.6. The van der Waals surface area contributed by atoms with Gasteiger partial charge in [-0.25, -0.2) is 0 Å². The quantitative estimate of drug-likeness (QED) is 0.570. The third-order valence-electron chi connectivity index (χ3n) is 2.54. The predicted octanol–water partition coefficient (Wildman–Crippen LogP) is -0.635. The first-order valence-electron chi connectivity index (χ1n) is 5.13. The average molecular weight is 213 g/mol. The maximum Gasteiger partial charge on any atom is 0.237 e. The fourth-order valence-corrected chi connectivity index (χ4v) is 1.39. The lowest BCUT2D eigenvalue weighted by Gasteiger charge is -2.26. The van der Waals surface area contributed by atoms with E-state index in [1.807, 2.05) is 20.8 Å². The number of nitrogens with two attached hydrogens (primary N) is 1. The van der Waals surface area contributed by atoms with E-state index in [1.165, 1.54) is 0 Å². The fourth-order valence-electron chi connectivity index (χ4n) is 1.39. The molecule has 1 heterocycles. The lowest BCUT2D eigenvalue weighted by Crippen LogP contribution is -2.51. The van der Waals surface area contributed by atoms with Gasteiger partial charge in [0.15, 0.2) is 0 Å². The molecule has 1 rings (SSSR count). The molecule has 1 aliphatic heterocycles. The topological polar surface area (TPSA) is 84.2 Å². The van der Waals surface area contributed by atoms with E-state index in [-0.39, 0.29) is 23.3 Å². The molecule has 0 aliphatic carbocycles. The molecule has 5 heteroatoms. The molecule has 0 bridgehead atoms. The Labute approximate surface area is 89.8 Å². The summed E-state index contributed by atoms with van der Waals surface area (Å²) in [5.74, 6) is -0.214. The van der Waals surface area contributed by atoms with E-state index in [1.54, 1.807) is 0 Å². The molecule has 5 nitrogen and oxygen atoms in total. The van der Waals surface area contributed by atoms with Crippen LogP contribution < -0.4 is 16.4 Å². The molecular formula is C10H19N3O2. The molecule has 0 aromatic rings. The number of hydrogen-bond donors (Lipinski definition) is 3. The molecule has 0 radical (unpaired) electrons. The maximum absolute atomic E-state index is 11.7. The lowest BCUT2D eigenvalue weighted by molar-refractivity contribution is -0.125. The molecule has 2 amide bonds. The summed E-state index contributed by atoms with van der Waals surface area (Å²) < 4.78 is 0. The van der Waals surface area contributed by atoms with Gasteiger partial charge in [-0.3, -0.25) is 9.59 Å². The average Bonchev–Trinajstić information content (AvgIpc) is 2.48. The van der Waals surface area contributed by atoms with Gasteiger partial charge in [-0.2, -0.15) is 0 Å². The van der Waals surface area contributed by atoms with Gasteiger partial charge in [0.25, 0.3) is 0 Å². The third kappa shape index (κ3) is 3.20. The number of nitrogens with one attached hydrogen (secondary N) is 2. The van der Waals surface area contributed by atoms with Crippen LogP contribution >= 0.6 is 0 Å². The van der Waals surface area contributed by atoms with Crippen LogP contribution in [0.15, 0.2) is 0 Å². The van der Waals surface area contributed by atoms with Crippen LogP contribution in [0.5, 0.6) is 0 Å². The zero-order valence-electron chi connectivity index (χ0n) is 9.46. The minimum Gasteiger partial charge on any atom is -0.354 e. The summed E-state index contributed by atoms with van der Waals surface area (Å²) in [6, 6.07) is -0.661. The van der Waals surface area contributed by atoms with E-state index in [2.05, 4.69) is 10.6 Å². The highest BCUT2D eigenvalue weighted by molar-refractivity contribution is 5.85. The van der Waals surface area contributed by atoms with Crippen molar-refractivity contribution in [3.63, 3.8) is 0 Å². The van der Waals surface area contributed by atoms with Crippen molar-refractivity contribution >= 4 is 11.8 Å². The van der Waals surface area contributed by atoms with Crippen molar-refractivity contribution in [3.8, 4) is 0 Å². The Hall–Kier alpha value is -1.10. The van der Waals surface area contributed by atoms with Crippen LogP contribution in [0.2, 0.25) is 0 Å². The van der Waals surface area contributed by atoms with Crippen LogP contribution in [0.3, 0.4) is 0 Å². The van der Waals surface area contributed by atoms with E-state index < -0.39 is 6.04 Å². The number of amides is 2. The van der Waals surface area contributed by atoms with Gasteiger partial charge in [-0.1, -0.05) is 20.8 Å². The first-order chi connectivity index (χ1) is 6.80. The third-order valence-corrected chi connectivity index (χ3v) is 2.54. The van der Waals surface area contributed by atoms with Gasteiger partial charge >= 0.3 is 0 Å². The van der Waals surface area contributed by atoms with Gasteiger partial charge in [-0.05, 0) is 5.41 Å². The molecule has 4 N–H and O–H groups in total. The summed E-state index contributed by atoms with van der Waals surface area (Å²) in [6.45, 7) is 6.24. The van der Waals surface area contributed by atoms with Gasteiger partial charge in [0.2, 0.25) is 11.8 Å². The Morgan fingerprint density at radius 2 is 2.20 bits per heavy atom. The van der Waals surface area contributed by atoms with Crippen LogP contribution in [0, 0.1) is 5.41 Å². The van der Waals surface area contributed by atoms with Crippen molar-refractivity contribution in [2.75, 3.05) is 6.54 Å². The Morgan fingerprint density at radius 1 is 1.60 bits per heavy atom. The normalized spacial score (nSPS) is 23.5. The van der Waals surface area contributed by atoms with Crippen LogP contribution in [0.25, 0.3) is 0 Å². The minimum atomic E-state index is -0.548. The van der Waals surface area contributed by atoms with Crippen molar-refractivity contribution < 1.29 is 9.59 Å². The van der Waals surface area contributed by atoms with Gasteiger partial charge in [0.05, 0.1) is 12.1 Å². The summed E-state index contributed by atoms with van der Waals surface area (Å²) in [7, 11) is 0. The van der Waals surface area contributed by atoms with Gasteiger partial charge in [0.1, 0.15) is 0 Å². The SMILES string of the molecule is CC(C)(C)[C@H](N)C(=O)NC1CNC(=O)C1. The zero-order valence-corrected chi connectivity index (χ0v) is 9.46. The predicted molar refractivity (Wildman–Crippen MR) is 57.0 cm³/mol. The van der Waals surface area contributed by atoms with Crippen LogP contribution in [-0.4, -0.2) is 30.4 Å². The summed E-state index contributed by atoms with van der Waals surface area (Å²) in [5, 5.41) is 5.43. The standard InChI is InChI=1S/C10H19N3O2/c1-10(2,3)8(11)9(15)13-6-4-7(14)12-5-6/h6,8H,4-5,11H2,1-3H3,(H,12,14)(H,13,15)/t6?,8-/m1/s1. The van der Waals surface area contributed by atoms with E-state index in [0.29, 0.717) is 13.0 Å². The summed E-state index contributed by atoms with van der Waals surface area (Å²) in [5.41, 5.74) is 5.53. The molecule has 86 valence electrons. The van der Waals surface area contributed by atoms with Gasteiger partial charge < -0.3 is 16.4 Å². The highest BCUT2D eigenvalue weighted by Gasteiger charge is 2.30. The second-order valence-corrected chi connectivity index (χ2v) is 5.06. The van der Waals surface area contributed by atoms with E-state index in [9.17, 15) is 9.59 Å². The summed E-state index contributed by atoms with van der Waals surface area (Å²) >= 11 is 0. The maximum atomic E-state index is 11.7. The molecule has 1 saturated heterocycles. The molecule has 0 spiro atoms. The molecule has 1 unspecified atom stereocenters. The van der Waals surface area contributed by atoms with Crippen molar-refractivity contribution in [1.82, 2.24) is 10.6 Å². The molecule has 0 aromatic heterocycles. The molecule has 2 atom stereocenters. The number of carbonyl (C=O) groups is 2. The first kappa shape index (κ1) is 12.0. The van der Waals surface area contributed by atoms with Crippen molar-refractivity contribution in [2.24, 2.45) is 11.1 Å². The van der Waals surface area contributed by atoms with E-state index in [4.69, 9.17) is 5.73 Å². The smallest absolute Gasteiger partial charge is 0.237 e. The lowest BCUT2D eigenvalue weighted by atomic mass is 9.87. The Bertz CT molecular complexity index is 270.